The zero-order valence-electron chi connectivity index (χ0n) is 16.5. The van der Waals surface area contributed by atoms with E-state index in [0.29, 0.717) is 19.8 Å². The van der Waals surface area contributed by atoms with E-state index in [4.69, 9.17) is 18.9 Å². The van der Waals surface area contributed by atoms with Crippen molar-refractivity contribution in [2.24, 2.45) is 11.8 Å². The van der Waals surface area contributed by atoms with Crippen molar-refractivity contribution in [2.75, 3.05) is 26.9 Å². The van der Waals surface area contributed by atoms with Gasteiger partial charge in [-0.05, 0) is 38.5 Å². The standard InChI is InChI=1S/C21H32O5/c1-15(11-22)10-18-14-25-21(3,4)26-20(18)16(2)12-24-13-17-6-8-19(23-5)9-7-17/h6-10,16,18,20,22H,11-14H2,1-5H3/b15-10+/t16-,18+,20-/m1/s1. The molecule has 0 aliphatic carbocycles. The van der Waals surface area contributed by atoms with Crippen molar-refractivity contribution >= 4 is 0 Å². The van der Waals surface area contributed by atoms with Crippen molar-refractivity contribution in [1.29, 1.82) is 0 Å². The van der Waals surface area contributed by atoms with Crippen LogP contribution in [-0.2, 0) is 20.8 Å². The molecule has 5 nitrogen and oxygen atoms in total. The normalized spacial score (nSPS) is 24.3. The molecule has 1 saturated heterocycles. The Balaban J connectivity index is 1.93. The molecule has 0 amide bonds. The molecule has 0 bridgehead atoms. The average molecular weight is 364 g/mol. The van der Waals surface area contributed by atoms with Gasteiger partial charge in [-0.3, -0.25) is 0 Å². The SMILES string of the molecule is COc1ccc(COC[C@@H](C)[C@H]2OC(C)(C)OC[C@@H]2/C=C(\C)CO)cc1. The Hall–Kier alpha value is -1.40. The first kappa shape index (κ1) is 20.9. The fourth-order valence-electron chi connectivity index (χ4n) is 3.12. The van der Waals surface area contributed by atoms with Gasteiger partial charge in [-0.2, -0.15) is 0 Å². The molecule has 3 atom stereocenters. The summed E-state index contributed by atoms with van der Waals surface area (Å²) < 4.78 is 23.1. The summed E-state index contributed by atoms with van der Waals surface area (Å²) in [4.78, 5) is 0. The number of benzene rings is 1. The maximum atomic E-state index is 9.31. The zero-order chi connectivity index (χ0) is 19.2. The molecule has 1 N–H and O–H groups in total. The number of hydrogen-bond acceptors (Lipinski definition) is 5. The first-order valence-electron chi connectivity index (χ1n) is 9.15. The Morgan fingerprint density at radius 1 is 1.35 bits per heavy atom. The van der Waals surface area contributed by atoms with E-state index in [1.54, 1.807) is 7.11 Å². The molecule has 1 fully saturated rings. The van der Waals surface area contributed by atoms with Gasteiger partial charge in [0.25, 0.3) is 0 Å². The van der Waals surface area contributed by atoms with Crippen LogP contribution in [0.2, 0.25) is 0 Å². The third kappa shape index (κ3) is 6.09. The van der Waals surface area contributed by atoms with Gasteiger partial charge in [0, 0.05) is 11.8 Å². The number of aliphatic hydroxyl groups is 1. The van der Waals surface area contributed by atoms with Gasteiger partial charge >= 0.3 is 0 Å². The fourth-order valence-corrected chi connectivity index (χ4v) is 3.12. The van der Waals surface area contributed by atoms with Crippen molar-refractivity contribution in [3.8, 4) is 5.75 Å². The molecule has 26 heavy (non-hydrogen) atoms. The van der Waals surface area contributed by atoms with Crippen LogP contribution in [0.1, 0.15) is 33.3 Å². The molecule has 1 aromatic rings. The maximum absolute atomic E-state index is 9.31. The van der Waals surface area contributed by atoms with Crippen LogP contribution in [0.4, 0.5) is 0 Å². The van der Waals surface area contributed by atoms with E-state index < -0.39 is 5.79 Å². The van der Waals surface area contributed by atoms with E-state index in [-0.39, 0.29) is 24.5 Å². The molecule has 0 aromatic heterocycles. The highest BCUT2D eigenvalue weighted by Crippen LogP contribution is 2.32. The quantitative estimate of drug-likeness (QED) is 0.715. The summed E-state index contributed by atoms with van der Waals surface area (Å²) in [6.45, 7) is 9.70. The third-order valence-corrected chi connectivity index (χ3v) is 4.58. The van der Waals surface area contributed by atoms with E-state index in [0.717, 1.165) is 16.9 Å². The lowest BCUT2D eigenvalue weighted by molar-refractivity contribution is -0.297. The summed E-state index contributed by atoms with van der Waals surface area (Å²) in [5, 5.41) is 9.31. The fraction of sp³-hybridized carbons (Fsp3) is 0.619. The van der Waals surface area contributed by atoms with Crippen LogP contribution in [0.15, 0.2) is 35.9 Å². The van der Waals surface area contributed by atoms with Crippen LogP contribution in [0.3, 0.4) is 0 Å². The lowest BCUT2D eigenvalue weighted by Gasteiger charge is -2.42. The Kier molecular flexibility index (Phi) is 7.65. The first-order chi connectivity index (χ1) is 12.3. The Morgan fingerprint density at radius 2 is 2.04 bits per heavy atom. The smallest absolute Gasteiger partial charge is 0.163 e. The molecule has 0 spiro atoms. The highest BCUT2D eigenvalue weighted by Gasteiger charge is 2.38. The van der Waals surface area contributed by atoms with Gasteiger partial charge < -0.3 is 24.1 Å². The number of ether oxygens (including phenoxy) is 4. The monoisotopic (exact) mass is 364 g/mol. The van der Waals surface area contributed by atoms with Crippen molar-refractivity contribution in [3.63, 3.8) is 0 Å². The zero-order valence-corrected chi connectivity index (χ0v) is 16.5. The maximum Gasteiger partial charge on any atom is 0.163 e. The predicted octanol–water partition coefficient (Wildman–Crippen LogP) is 3.55. The van der Waals surface area contributed by atoms with Gasteiger partial charge in [-0.15, -0.1) is 0 Å². The summed E-state index contributed by atoms with van der Waals surface area (Å²) in [5.74, 6) is 0.541. The highest BCUT2D eigenvalue weighted by molar-refractivity contribution is 5.26. The second-order valence-electron chi connectivity index (χ2n) is 7.47. The molecule has 0 unspecified atom stereocenters. The van der Waals surface area contributed by atoms with Crippen LogP contribution in [0.5, 0.6) is 5.75 Å². The van der Waals surface area contributed by atoms with E-state index in [9.17, 15) is 5.11 Å². The topological polar surface area (TPSA) is 57.2 Å². The van der Waals surface area contributed by atoms with Crippen LogP contribution >= 0.6 is 0 Å². The lowest BCUT2D eigenvalue weighted by atomic mass is 9.90. The van der Waals surface area contributed by atoms with E-state index >= 15 is 0 Å². The van der Waals surface area contributed by atoms with E-state index in [1.807, 2.05) is 45.0 Å². The van der Waals surface area contributed by atoms with Crippen LogP contribution < -0.4 is 4.74 Å². The Morgan fingerprint density at radius 3 is 2.65 bits per heavy atom. The van der Waals surface area contributed by atoms with Gasteiger partial charge in [0.15, 0.2) is 5.79 Å². The van der Waals surface area contributed by atoms with E-state index in [1.165, 1.54) is 0 Å². The van der Waals surface area contributed by atoms with Gasteiger partial charge in [0.1, 0.15) is 5.75 Å². The molecule has 0 saturated carbocycles. The van der Waals surface area contributed by atoms with E-state index in [2.05, 4.69) is 13.0 Å². The Labute approximate surface area is 156 Å². The number of rotatable bonds is 8. The Bertz CT molecular complexity index is 579. The minimum Gasteiger partial charge on any atom is -0.497 e. The molecule has 2 rings (SSSR count). The molecule has 1 aliphatic rings. The molecule has 0 radical (unpaired) electrons. The van der Waals surface area contributed by atoms with Gasteiger partial charge in [-0.25, -0.2) is 0 Å². The number of methoxy groups -OCH3 is 1. The minimum atomic E-state index is -0.605. The summed E-state index contributed by atoms with van der Waals surface area (Å²) in [7, 11) is 1.66. The molecule has 1 heterocycles. The van der Waals surface area contributed by atoms with Gasteiger partial charge in [0.2, 0.25) is 0 Å². The van der Waals surface area contributed by atoms with Crippen molar-refractivity contribution in [3.05, 3.63) is 41.5 Å². The molecule has 1 aromatic carbocycles. The first-order valence-corrected chi connectivity index (χ1v) is 9.15. The summed E-state index contributed by atoms with van der Waals surface area (Å²) in [5.41, 5.74) is 2.04. The van der Waals surface area contributed by atoms with Crippen LogP contribution in [-0.4, -0.2) is 43.9 Å². The number of hydrogen-bond donors (Lipinski definition) is 1. The average Bonchev–Trinajstić information content (AvgIpc) is 2.63. The van der Waals surface area contributed by atoms with Crippen LogP contribution in [0, 0.1) is 11.8 Å². The summed E-state index contributed by atoms with van der Waals surface area (Å²) in [6, 6.07) is 7.89. The largest absolute Gasteiger partial charge is 0.497 e. The summed E-state index contributed by atoms with van der Waals surface area (Å²) in [6.07, 6.45) is 2.04. The lowest BCUT2D eigenvalue weighted by Crippen LogP contribution is -2.48. The number of aliphatic hydroxyl groups excluding tert-OH is 1. The van der Waals surface area contributed by atoms with Gasteiger partial charge in [0.05, 0.1) is 39.6 Å². The van der Waals surface area contributed by atoms with Crippen molar-refractivity contribution in [1.82, 2.24) is 0 Å². The third-order valence-electron chi connectivity index (χ3n) is 4.58. The summed E-state index contributed by atoms with van der Waals surface area (Å²) >= 11 is 0. The highest BCUT2D eigenvalue weighted by atomic mass is 16.7. The molecular weight excluding hydrogens is 332 g/mol. The van der Waals surface area contributed by atoms with Crippen molar-refractivity contribution in [2.45, 2.75) is 46.2 Å². The molecule has 5 heteroatoms. The van der Waals surface area contributed by atoms with Crippen molar-refractivity contribution < 1.29 is 24.1 Å². The molecular formula is C21H32O5. The second kappa shape index (κ2) is 9.51. The second-order valence-corrected chi connectivity index (χ2v) is 7.47. The molecule has 146 valence electrons. The minimum absolute atomic E-state index is 0.0175. The molecule has 1 aliphatic heterocycles. The predicted molar refractivity (Wildman–Crippen MR) is 101 cm³/mol. The van der Waals surface area contributed by atoms with Crippen LogP contribution in [0.25, 0.3) is 0 Å². The van der Waals surface area contributed by atoms with Gasteiger partial charge in [-0.1, -0.05) is 30.7 Å².